The molecule has 0 aliphatic carbocycles. The van der Waals surface area contributed by atoms with Crippen molar-refractivity contribution in [2.75, 3.05) is 18.6 Å². The molecule has 0 radical (unpaired) electrons. The van der Waals surface area contributed by atoms with Crippen LogP contribution in [0.25, 0.3) is 5.57 Å². The van der Waals surface area contributed by atoms with Crippen LogP contribution in [-0.4, -0.2) is 31.3 Å². The Kier molecular flexibility index (Phi) is 6.13. The highest BCUT2D eigenvalue weighted by Gasteiger charge is 2.29. The molecule has 0 fully saturated rings. The van der Waals surface area contributed by atoms with Gasteiger partial charge in [-0.15, -0.1) is 0 Å². The number of rotatable bonds is 5. The van der Waals surface area contributed by atoms with Crippen molar-refractivity contribution in [2.45, 2.75) is 33.2 Å². The number of fused-ring (bicyclic) bond motifs is 1. The quantitative estimate of drug-likeness (QED) is 0.495. The van der Waals surface area contributed by atoms with Crippen LogP contribution in [0.2, 0.25) is 0 Å². The Morgan fingerprint density at radius 2 is 2.03 bits per heavy atom. The van der Waals surface area contributed by atoms with Crippen LogP contribution < -0.4 is 15.1 Å². The van der Waals surface area contributed by atoms with Crippen LogP contribution in [0.5, 0.6) is 5.75 Å². The van der Waals surface area contributed by atoms with Gasteiger partial charge in [0.1, 0.15) is 5.75 Å². The predicted molar refractivity (Wildman–Crippen MR) is 123 cm³/mol. The summed E-state index contributed by atoms with van der Waals surface area (Å²) in [4.78, 5) is 14.8. The first-order chi connectivity index (χ1) is 13.8. The zero-order valence-electron chi connectivity index (χ0n) is 17.4. The molecule has 0 aromatic heterocycles. The van der Waals surface area contributed by atoms with E-state index in [2.05, 4.69) is 77.3 Å². The lowest BCUT2D eigenvalue weighted by Crippen LogP contribution is -2.44. The molecule has 2 aromatic carbocycles. The number of nitrogens with one attached hydrogen (secondary N) is 1. The van der Waals surface area contributed by atoms with E-state index in [1.54, 1.807) is 18.3 Å². The standard InChI is InChI=1S/C23H26BrN3O2/c1-6-27-20-9-7-16(11-18(20)15(2)13-23(27,3)4)14-25-26-22(28)19-12-17(24)8-10-21(19)29-5/h7-14H,6H2,1-5H3,(H,26,28)/b25-14-. The highest BCUT2D eigenvalue weighted by molar-refractivity contribution is 9.10. The van der Waals surface area contributed by atoms with Crippen molar-refractivity contribution in [1.82, 2.24) is 5.43 Å². The van der Waals surface area contributed by atoms with Crippen molar-refractivity contribution in [3.8, 4) is 5.75 Å². The van der Waals surface area contributed by atoms with Gasteiger partial charge in [-0.2, -0.15) is 5.10 Å². The zero-order valence-corrected chi connectivity index (χ0v) is 19.0. The minimum absolute atomic E-state index is 0.0154. The molecule has 0 unspecified atom stereocenters. The van der Waals surface area contributed by atoms with E-state index < -0.39 is 0 Å². The van der Waals surface area contributed by atoms with Crippen LogP contribution in [0.4, 0.5) is 5.69 Å². The Bertz CT molecular complexity index is 996. The summed E-state index contributed by atoms with van der Waals surface area (Å²) < 4.78 is 6.05. The van der Waals surface area contributed by atoms with E-state index in [1.165, 1.54) is 23.9 Å². The van der Waals surface area contributed by atoms with Crippen molar-refractivity contribution in [3.05, 3.63) is 63.6 Å². The Balaban J connectivity index is 1.80. The van der Waals surface area contributed by atoms with Crippen molar-refractivity contribution in [1.29, 1.82) is 0 Å². The van der Waals surface area contributed by atoms with Gasteiger partial charge >= 0.3 is 0 Å². The molecule has 1 aliphatic rings. The largest absolute Gasteiger partial charge is 0.496 e. The second kappa shape index (κ2) is 8.41. The summed E-state index contributed by atoms with van der Waals surface area (Å²) in [7, 11) is 1.53. The van der Waals surface area contributed by atoms with Gasteiger partial charge in [-0.3, -0.25) is 4.79 Å². The average Bonchev–Trinajstić information content (AvgIpc) is 2.67. The van der Waals surface area contributed by atoms with Crippen molar-refractivity contribution in [3.63, 3.8) is 0 Å². The molecule has 1 heterocycles. The molecule has 0 atom stereocenters. The molecule has 29 heavy (non-hydrogen) atoms. The third-order valence-electron chi connectivity index (χ3n) is 5.10. The number of ether oxygens (including phenoxy) is 1. The molecule has 1 N–H and O–H groups in total. The maximum Gasteiger partial charge on any atom is 0.275 e. The number of carbonyl (C=O) groups is 1. The Hall–Kier alpha value is -2.60. The third-order valence-corrected chi connectivity index (χ3v) is 5.60. The van der Waals surface area contributed by atoms with Gasteiger partial charge in [0.15, 0.2) is 0 Å². The van der Waals surface area contributed by atoms with Crippen LogP contribution in [0, 0.1) is 0 Å². The number of anilines is 1. The second-order valence-corrected chi connectivity index (χ2v) is 8.46. The molecule has 0 saturated heterocycles. The summed E-state index contributed by atoms with van der Waals surface area (Å²) in [5.74, 6) is 0.171. The molecule has 2 aromatic rings. The van der Waals surface area contributed by atoms with E-state index in [0.29, 0.717) is 11.3 Å². The number of nitrogens with zero attached hydrogens (tertiary/aromatic N) is 2. The van der Waals surface area contributed by atoms with Crippen molar-refractivity contribution in [2.24, 2.45) is 5.10 Å². The summed E-state index contributed by atoms with van der Waals surface area (Å²) >= 11 is 3.37. The number of hydrogen-bond donors (Lipinski definition) is 1. The molecule has 1 aliphatic heterocycles. The number of amides is 1. The lowest BCUT2D eigenvalue weighted by Gasteiger charge is -2.42. The maximum absolute atomic E-state index is 12.5. The molecule has 3 rings (SSSR count). The lowest BCUT2D eigenvalue weighted by molar-refractivity contribution is 0.0952. The number of likely N-dealkylation sites (N-methyl/N-ethyl adjacent to an activating group) is 1. The molecule has 5 nitrogen and oxygen atoms in total. The van der Waals surface area contributed by atoms with E-state index in [-0.39, 0.29) is 11.4 Å². The summed E-state index contributed by atoms with van der Waals surface area (Å²) in [5.41, 5.74) is 7.56. The summed E-state index contributed by atoms with van der Waals surface area (Å²) in [6, 6.07) is 11.5. The van der Waals surface area contributed by atoms with Crippen LogP contribution in [0.3, 0.4) is 0 Å². The second-order valence-electron chi connectivity index (χ2n) is 7.55. The minimum atomic E-state index is -0.327. The van der Waals surface area contributed by atoms with Crippen LogP contribution in [0.1, 0.15) is 49.2 Å². The first-order valence-electron chi connectivity index (χ1n) is 9.55. The van der Waals surface area contributed by atoms with Crippen molar-refractivity contribution >= 4 is 39.3 Å². The predicted octanol–water partition coefficient (Wildman–Crippen LogP) is 5.24. The normalized spacial score (nSPS) is 15.1. The van der Waals surface area contributed by atoms with E-state index in [0.717, 1.165) is 16.6 Å². The van der Waals surface area contributed by atoms with Gasteiger partial charge in [0.05, 0.1) is 24.4 Å². The number of allylic oxidation sites excluding steroid dienone is 1. The van der Waals surface area contributed by atoms with Gasteiger partial charge < -0.3 is 9.64 Å². The molecule has 1 amide bonds. The number of benzene rings is 2. The highest BCUT2D eigenvalue weighted by atomic mass is 79.9. The number of hydrazone groups is 1. The number of halogens is 1. The van der Waals surface area contributed by atoms with E-state index in [1.807, 2.05) is 12.1 Å². The molecular formula is C23H26BrN3O2. The molecular weight excluding hydrogens is 430 g/mol. The van der Waals surface area contributed by atoms with Crippen LogP contribution in [-0.2, 0) is 0 Å². The monoisotopic (exact) mass is 455 g/mol. The fourth-order valence-electron chi connectivity index (χ4n) is 3.84. The highest BCUT2D eigenvalue weighted by Crippen LogP contribution is 2.38. The molecule has 0 spiro atoms. The number of hydrogen-bond acceptors (Lipinski definition) is 4. The van der Waals surface area contributed by atoms with Gasteiger partial charge in [0, 0.05) is 22.3 Å². The Morgan fingerprint density at radius 3 is 2.72 bits per heavy atom. The van der Waals surface area contributed by atoms with Gasteiger partial charge in [-0.25, -0.2) is 5.43 Å². The smallest absolute Gasteiger partial charge is 0.275 e. The van der Waals surface area contributed by atoms with E-state index >= 15 is 0 Å². The molecule has 152 valence electrons. The topological polar surface area (TPSA) is 53.9 Å². The van der Waals surface area contributed by atoms with Gasteiger partial charge in [-0.1, -0.05) is 28.1 Å². The Labute approximate surface area is 180 Å². The van der Waals surface area contributed by atoms with Gasteiger partial charge in [-0.05, 0) is 69.2 Å². The molecule has 6 heteroatoms. The summed E-state index contributed by atoms with van der Waals surface area (Å²) in [6.45, 7) is 9.69. The van der Waals surface area contributed by atoms with Crippen molar-refractivity contribution < 1.29 is 9.53 Å². The maximum atomic E-state index is 12.5. The molecule has 0 saturated carbocycles. The third kappa shape index (κ3) is 4.37. The summed E-state index contributed by atoms with van der Waals surface area (Å²) in [6.07, 6.45) is 3.95. The average molecular weight is 456 g/mol. The SMILES string of the molecule is CCN1c2ccc(/C=N\NC(=O)c3cc(Br)ccc3OC)cc2C(C)=CC1(C)C. The Morgan fingerprint density at radius 1 is 1.28 bits per heavy atom. The fourth-order valence-corrected chi connectivity index (χ4v) is 4.20. The van der Waals surface area contributed by atoms with Crippen LogP contribution in [0.15, 0.2) is 52.0 Å². The van der Waals surface area contributed by atoms with Gasteiger partial charge in [0.2, 0.25) is 0 Å². The first-order valence-corrected chi connectivity index (χ1v) is 10.3. The fraction of sp³-hybridized carbons (Fsp3) is 0.304. The first kappa shape index (κ1) is 21.1. The lowest BCUT2D eigenvalue weighted by atomic mass is 9.88. The molecule has 0 bridgehead atoms. The minimum Gasteiger partial charge on any atom is -0.496 e. The van der Waals surface area contributed by atoms with Gasteiger partial charge in [0.25, 0.3) is 5.91 Å². The van der Waals surface area contributed by atoms with E-state index in [9.17, 15) is 4.79 Å². The van der Waals surface area contributed by atoms with E-state index in [4.69, 9.17) is 4.74 Å². The zero-order chi connectivity index (χ0) is 21.2. The summed E-state index contributed by atoms with van der Waals surface area (Å²) in [5, 5.41) is 4.14. The van der Waals surface area contributed by atoms with Crippen LogP contribution >= 0.6 is 15.9 Å². The number of carbonyl (C=O) groups excluding carboxylic acids is 1. The number of methoxy groups -OCH3 is 1.